The molecule has 0 aliphatic heterocycles. The van der Waals surface area contributed by atoms with Crippen LogP contribution in [0.15, 0.2) is 97.2 Å². The Labute approximate surface area is 271 Å². The lowest BCUT2D eigenvalue weighted by Gasteiger charge is -2.19. The zero-order chi connectivity index (χ0) is 32.2. The lowest BCUT2D eigenvalue weighted by Crippen LogP contribution is -2.45. The van der Waals surface area contributed by atoms with Gasteiger partial charge in [-0.1, -0.05) is 137 Å². The van der Waals surface area contributed by atoms with Crippen molar-refractivity contribution in [3.8, 4) is 0 Å². The third-order valence-corrected chi connectivity index (χ3v) is 7.05. The third-order valence-electron chi connectivity index (χ3n) is 7.05. The van der Waals surface area contributed by atoms with E-state index in [0.29, 0.717) is 6.42 Å². The van der Waals surface area contributed by atoms with Crippen molar-refractivity contribution >= 4 is 5.91 Å². The van der Waals surface area contributed by atoms with E-state index < -0.39 is 12.1 Å². The number of allylic oxidation sites excluding steroid dienone is 15. The first-order valence-corrected chi connectivity index (χ1v) is 17.5. The fourth-order valence-corrected chi connectivity index (χ4v) is 4.37. The molecule has 0 saturated carbocycles. The molecule has 0 aromatic carbocycles. The Hall–Kier alpha value is -2.69. The first kappa shape index (κ1) is 41.3. The smallest absolute Gasteiger partial charge is 0.220 e. The molecule has 0 fully saturated rings. The van der Waals surface area contributed by atoms with Crippen LogP contribution in [-0.2, 0) is 4.79 Å². The highest BCUT2D eigenvalue weighted by atomic mass is 16.3. The number of nitrogens with one attached hydrogen (secondary N) is 1. The van der Waals surface area contributed by atoms with E-state index in [4.69, 9.17) is 0 Å². The van der Waals surface area contributed by atoms with Gasteiger partial charge in [0.05, 0.1) is 18.8 Å². The van der Waals surface area contributed by atoms with E-state index in [-0.39, 0.29) is 12.5 Å². The summed E-state index contributed by atoms with van der Waals surface area (Å²) in [6.07, 6.45) is 52.0. The molecule has 3 N–H and O–H groups in total. The zero-order valence-corrected chi connectivity index (χ0v) is 28.1. The minimum atomic E-state index is -0.884. The number of hydrogen-bond donors (Lipinski definition) is 3. The Morgan fingerprint density at radius 1 is 0.568 bits per heavy atom. The molecule has 0 heterocycles. The van der Waals surface area contributed by atoms with Gasteiger partial charge in [0.15, 0.2) is 0 Å². The van der Waals surface area contributed by atoms with Crippen LogP contribution < -0.4 is 5.32 Å². The number of unbranched alkanes of at least 4 members (excludes halogenated alkanes) is 8. The van der Waals surface area contributed by atoms with Gasteiger partial charge in [-0.05, 0) is 83.5 Å². The van der Waals surface area contributed by atoms with E-state index in [1.807, 2.05) is 6.08 Å². The van der Waals surface area contributed by atoms with Crippen molar-refractivity contribution in [2.24, 2.45) is 0 Å². The quantitative estimate of drug-likeness (QED) is 0.0585. The average Bonchev–Trinajstić information content (AvgIpc) is 3.03. The van der Waals surface area contributed by atoms with Crippen LogP contribution in [0.25, 0.3) is 0 Å². The van der Waals surface area contributed by atoms with Crippen molar-refractivity contribution in [3.05, 3.63) is 97.2 Å². The largest absolute Gasteiger partial charge is 0.394 e. The van der Waals surface area contributed by atoms with Crippen LogP contribution in [0.4, 0.5) is 0 Å². The molecule has 0 aliphatic carbocycles. The maximum atomic E-state index is 12.3. The predicted molar refractivity (Wildman–Crippen MR) is 193 cm³/mol. The van der Waals surface area contributed by atoms with Crippen LogP contribution in [0, 0.1) is 0 Å². The summed E-state index contributed by atoms with van der Waals surface area (Å²) in [5.41, 5.74) is 0. The van der Waals surface area contributed by atoms with Gasteiger partial charge in [0.1, 0.15) is 0 Å². The molecule has 0 aliphatic rings. The van der Waals surface area contributed by atoms with Gasteiger partial charge in [-0.25, -0.2) is 0 Å². The van der Waals surface area contributed by atoms with Gasteiger partial charge < -0.3 is 15.5 Å². The molecule has 4 nitrogen and oxygen atoms in total. The Balaban J connectivity index is 3.84. The van der Waals surface area contributed by atoms with Crippen molar-refractivity contribution in [2.75, 3.05) is 6.61 Å². The van der Waals surface area contributed by atoms with Gasteiger partial charge >= 0.3 is 0 Å². The first-order chi connectivity index (χ1) is 21.7. The van der Waals surface area contributed by atoms with E-state index in [9.17, 15) is 15.0 Å². The van der Waals surface area contributed by atoms with Crippen molar-refractivity contribution in [2.45, 2.75) is 142 Å². The Bertz CT molecular complexity index is 875. The summed E-state index contributed by atoms with van der Waals surface area (Å²) in [6.45, 7) is 4.10. The normalized spacial score (nSPS) is 14.4. The minimum absolute atomic E-state index is 0.124. The van der Waals surface area contributed by atoms with Gasteiger partial charge in [0, 0.05) is 6.42 Å². The molecule has 0 aromatic heterocycles. The maximum absolute atomic E-state index is 12.3. The van der Waals surface area contributed by atoms with Crippen molar-refractivity contribution in [1.29, 1.82) is 0 Å². The molecule has 0 spiro atoms. The first-order valence-electron chi connectivity index (χ1n) is 17.5. The molecule has 0 bridgehead atoms. The van der Waals surface area contributed by atoms with Crippen molar-refractivity contribution in [3.63, 3.8) is 0 Å². The molecule has 2 atom stereocenters. The Morgan fingerprint density at radius 2 is 1.02 bits per heavy atom. The molecule has 44 heavy (non-hydrogen) atoms. The number of rotatable bonds is 29. The summed E-state index contributed by atoms with van der Waals surface area (Å²) >= 11 is 0. The fourth-order valence-electron chi connectivity index (χ4n) is 4.37. The summed E-state index contributed by atoms with van der Waals surface area (Å²) in [7, 11) is 0. The second kappa shape index (κ2) is 34.8. The lowest BCUT2D eigenvalue weighted by molar-refractivity contribution is -0.123. The second-order valence-corrected chi connectivity index (χ2v) is 11.2. The highest BCUT2D eigenvalue weighted by Gasteiger charge is 2.17. The van der Waals surface area contributed by atoms with Crippen molar-refractivity contribution in [1.82, 2.24) is 5.32 Å². The molecule has 0 radical (unpaired) electrons. The number of carbonyl (C=O) groups excluding carboxylic acids is 1. The Morgan fingerprint density at radius 3 is 1.57 bits per heavy atom. The zero-order valence-electron chi connectivity index (χ0n) is 28.1. The van der Waals surface area contributed by atoms with Gasteiger partial charge in [-0.2, -0.15) is 0 Å². The van der Waals surface area contributed by atoms with Crippen molar-refractivity contribution < 1.29 is 15.0 Å². The van der Waals surface area contributed by atoms with E-state index >= 15 is 0 Å². The van der Waals surface area contributed by atoms with Crippen LogP contribution >= 0.6 is 0 Å². The van der Waals surface area contributed by atoms with Crippen LogP contribution in [0.5, 0.6) is 0 Å². The topological polar surface area (TPSA) is 69.6 Å². The Kier molecular flexibility index (Phi) is 32.7. The SMILES string of the molecule is CC/C=C\C/C=C\C/C=C\C/C=C\C/C=C\C/C=C\CCCCC(=O)NC(CO)C(O)/C=C/CC/C=C/CCCCCCC. The molecular weight excluding hydrogens is 542 g/mol. The van der Waals surface area contributed by atoms with E-state index in [1.54, 1.807) is 6.08 Å². The number of aliphatic hydroxyl groups excluding tert-OH is 2. The summed E-state index contributed by atoms with van der Waals surface area (Å²) in [4.78, 5) is 12.3. The predicted octanol–water partition coefficient (Wildman–Crippen LogP) is 10.3. The van der Waals surface area contributed by atoms with E-state index in [1.165, 1.54) is 32.1 Å². The summed E-state index contributed by atoms with van der Waals surface area (Å²) in [5, 5.41) is 22.7. The monoisotopic (exact) mass is 607 g/mol. The van der Waals surface area contributed by atoms with E-state index in [2.05, 4.69) is 104 Å². The molecule has 248 valence electrons. The highest BCUT2D eigenvalue weighted by molar-refractivity contribution is 5.76. The minimum Gasteiger partial charge on any atom is -0.394 e. The van der Waals surface area contributed by atoms with Gasteiger partial charge in [0.25, 0.3) is 0 Å². The lowest BCUT2D eigenvalue weighted by atomic mass is 10.1. The van der Waals surface area contributed by atoms with Crippen LogP contribution in [0.2, 0.25) is 0 Å². The van der Waals surface area contributed by atoms with Crippen LogP contribution in [0.1, 0.15) is 129 Å². The fraction of sp³-hybridized carbons (Fsp3) is 0.575. The van der Waals surface area contributed by atoms with Gasteiger partial charge in [0.2, 0.25) is 5.91 Å². The molecule has 1 amide bonds. The number of amides is 1. The number of carbonyl (C=O) groups is 1. The second-order valence-electron chi connectivity index (χ2n) is 11.2. The molecule has 0 aromatic rings. The summed E-state index contributed by atoms with van der Waals surface area (Å²) in [6, 6.07) is -0.666. The third kappa shape index (κ3) is 30.8. The molecule has 0 saturated heterocycles. The van der Waals surface area contributed by atoms with Crippen LogP contribution in [-0.4, -0.2) is 34.9 Å². The molecule has 2 unspecified atom stereocenters. The summed E-state index contributed by atoms with van der Waals surface area (Å²) in [5.74, 6) is -0.124. The molecule has 0 rings (SSSR count). The standard InChI is InChI=1S/C40H65NO3/c1-3-5-7-9-11-13-15-16-17-18-19-20-21-22-23-24-26-28-30-32-34-36-40(44)41-38(37-42)39(43)35-33-31-29-27-25-14-12-10-8-6-4-2/h5,7,11,13,16-17,19-20,22-23,25-28,33,35,38-39,42-43H,3-4,6,8-10,12,14-15,18,21,24,29-32,34,36-37H2,1-2H3,(H,41,44)/b7-5-,13-11-,17-16-,20-19-,23-22-,27-25+,28-26-,35-33+. The number of hydrogen-bond acceptors (Lipinski definition) is 3. The highest BCUT2D eigenvalue weighted by Crippen LogP contribution is 2.07. The number of aliphatic hydroxyl groups is 2. The molecular formula is C40H65NO3. The maximum Gasteiger partial charge on any atom is 0.220 e. The van der Waals surface area contributed by atoms with E-state index in [0.717, 1.165) is 77.0 Å². The molecule has 4 heteroatoms. The average molecular weight is 608 g/mol. The summed E-state index contributed by atoms with van der Waals surface area (Å²) < 4.78 is 0. The van der Waals surface area contributed by atoms with Gasteiger partial charge in [-0.15, -0.1) is 0 Å². The van der Waals surface area contributed by atoms with Gasteiger partial charge in [-0.3, -0.25) is 4.79 Å². The van der Waals surface area contributed by atoms with Crippen LogP contribution in [0.3, 0.4) is 0 Å².